The Labute approximate surface area is 108 Å². The molecular weight excluding hydrogens is 229 g/mol. The quantitative estimate of drug-likeness (QED) is 0.892. The van der Waals surface area contributed by atoms with Crippen molar-refractivity contribution in [1.82, 2.24) is 15.2 Å². The lowest BCUT2D eigenvalue weighted by molar-refractivity contribution is 0.0451. The number of nitrogens with zero attached hydrogens (tertiary/aromatic N) is 2. The van der Waals surface area contributed by atoms with E-state index < -0.39 is 0 Å². The van der Waals surface area contributed by atoms with Gasteiger partial charge in [0.2, 0.25) is 0 Å². The molecule has 18 heavy (non-hydrogen) atoms. The van der Waals surface area contributed by atoms with Crippen LogP contribution in [-0.4, -0.2) is 34.6 Å². The van der Waals surface area contributed by atoms with Crippen molar-refractivity contribution in [2.75, 3.05) is 13.1 Å². The zero-order valence-corrected chi connectivity index (χ0v) is 11.4. The molecule has 0 radical (unpaired) electrons. The van der Waals surface area contributed by atoms with E-state index in [0.29, 0.717) is 6.04 Å². The molecule has 1 aliphatic rings. The lowest BCUT2D eigenvalue weighted by atomic mass is 9.92. The monoisotopic (exact) mass is 251 g/mol. The molecule has 2 atom stereocenters. The van der Waals surface area contributed by atoms with E-state index in [9.17, 15) is 4.39 Å². The fourth-order valence-electron chi connectivity index (χ4n) is 2.49. The maximum atomic E-state index is 13.2. The summed E-state index contributed by atoms with van der Waals surface area (Å²) in [5.74, 6) is -0.256. The average Bonchev–Trinajstić information content (AvgIpc) is 2.34. The van der Waals surface area contributed by atoms with Gasteiger partial charge in [-0.2, -0.15) is 0 Å². The minimum atomic E-state index is -0.256. The maximum absolute atomic E-state index is 13.2. The minimum absolute atomic E-state index is 0.138. The summed E-state index contributed by atoms with van der Waals surface area (Å²) in [6.07, 6.45) is 4.09. The third-order valence-electron chi connectivity index (χ3n) is 3.99. The molecule has 2 rings (SSSR count). The van der Waals surface area contributed by atoms with Crippen molar-refractivity contribution in [2.24, 2.45) is 0 Å². The molecule has 0 bridgehead atoms. The zero-order valence-electron chi connectivity index (χ0n) is 11.4. The highest BCUT2D eigenvalue weighted by Crippen LogP contribution is 2.24. The first-order chi connectivity index (χ1) is 8.53. The van der Waals surface area contributed by atoms with E-state index in [0.717, 1.165) is 31.6 Å². The SMILES string of the molecule is CCC1(C)CNC(C)CN1Cc1cncc(F)c1. The molecule has 100 valence electrons. The van der Waals surface area contributed by atoms with Crippen LogP contribution in [0.5, 0.6) is 0 Å². The summed E-state index contributed by atoms with van der Waals surface area (Å²) in [4.78, 5) is 6.36. The van der Waals surface area contributed by atoms with Crippen LogP contribution in [0.2, 0.25) is 0 Å². The Morgan fingerprint density at radius 2 is 2.33 bits per heavy atom. The molecule has 2 unspecified atom stereocenters. The van der Waals surface area contributed by atoms with Crippen molar-refractivity contribution in [2.45, 2.75) is 45.3 Å². The number of aromatic nitrogens is 1. The molecule has 0 amide bonds. The Balaban J connectivity index is 2.14. The fourth-order valence-corrected chi connectivity index (χ4v) is 2.49. The van der Waals surface area contributed by atoms with E-state index >= 15 is 0 Å². The first-order valence-electron chi connectivity index (χ1n) is 6.61. The van der Waals surface area contributed by atoms with Gasteiger partial charge in [0.15, 0.2) is 0 Å². The van der Waals surface area contributed by atoms with Crippen LogP contribution < -0.4 is 5.32 Å². The van der Waals surface area contributed by atoms with Gasteiger partial charge in [-0.1, -0.05) is 6.92 Å². The van der Waals surface area contributed by atoms with E-state index in [4.69, 9.17) is 0 Å². The first-order valence-corrected chi connectivity index (χ1v) is 6.61. The summed E-state index contributed by atoms with van der Waals surface area (Å²) < 4.78 is 13.2. The number of piperazine rings is 1. The number of hydrogen-bond acceptors (Lipinski definition) is 3. The van der Waals surface area contributed by atoms with Gasteiger partial charge in [0.1, 0.15) is 5.82 Å². The van der Waals surface area contributed by atoms with Crippen molar-refractivity contribution in [3.63, 3.8) is 0 Å². The summed E-state index contributed by atoms with van der Waals surface area (Å²) in [6, 6.07) is 2.06. The lowest BCUT2D eigenvalue weighted by Crippen LogP contribution is -2.61. The second kappa shape index (κ2) is 5.33. The highest BCUT2D eigenvalue weighted by Gasteiger charge is 2.34. The Bertz CT molecular complexity index is 410. The van der Waals surface area contributed by atoms with Crippen LogP contribution in [0.3, 0.4) is 0 Å². The number of nitrogens with one attached hydrogen (secondary N) is 1. The Kier molecular flexibility index (Phi) is 3.97. The van der Waals surface area contributed by atoms with Gasteiger partial charge >= 0.3 is 0 Å². The van der Waals surface area contributed by atoms with Crippen molar-refractivity contribution in [3.05, 3.63) is 29.8 Å². The van der Waals surface area contributed by atoms with E-state index in [1.54, 1.807) is 12.3 Å². The third-order valence-corrected chi connectivity index (χ3v) is 3.99. The van der Waals surface area contributed by atoms with Crippen LogP contribution in [0.1, 0.15) is 32.8 Å². The molecule has 0 saturated carbocycles. The summed E-state index contributed by atoms with van der Waals surface area (Å²) in [5.41, 5.74) is 1.09. The maximum Gasteiger partial charge on any atom is 0.141 e. The second-order valence-corrected chi connectivity index (χ2v) is 5.52. The van der Waals surface area contributed by atoms with Crippen LogP contribution in [0.25, 0.3) is 0 Å². The van der Waals surface area contributed by atoms with Crippen LogP contribution in [0.15, 0.2) is 18.5 Å². The van der Waals surface area contributed by atoms with Crippen molar-refractivity contribution in [1.29, 1.82) is 0 Å². The molecule has 1 aromatic rings. The molecule has 3 nitrogen and oxygen atoms in total. The fraction of sp³-hybridized carbons (Fsp3) is 0.643. The molecule has 1 fully saturated rings. The molecule has 1 aromatic heterocycles. The number of halogens is 1. The topological polar surface area (TPSA) is 28.2 Å². The van der Waals surface area contributed by atoms with Crippen molar-refractivity contribution < 1.29 is 4.39 Å². The predicted molar refractivity (Wildman–Crippen MR) is 70.8 cm³/mol. The molecule has 1 saturated heterocycles. The Hall–Kier alpha value is -1.00. The van der Waals surface area contributed by atoms with Gasteiger partial charge in [-0.25, -0.2) is 4.39 Å². The van der Waals surface area contributed by atoms with E-state index in [2.05, 4.69) is 36.0 Å². The summed E-state index contributed by atoms with van der Waals surface area (Å²) in [7, 11) is 0. The Morgan fingerprint density at radius 3 is 3.00 bits per heavy atom. The number of rotatable bonds is 3. The predicted octanol–water partition coefficient (Wildman–Crippen LogP) is 2.18. The van der Waals surface area contributed by atoms with Crippen LogP contribution in [0.4, 0.5) is 4.39 Å². The lowest BCUT2D eigenvalue weighted by Gasteiger charge is -2.47. The summed E-state index contributed by atoms with van der Waals surface area (Å²) in [5, 5.41) is 3.52. The van der Waals surface area contributed by atoms with Crippen molar-refractivity contribution >= 4 is 0 Å². The number of hydrogen-bond donors (Lipinski definition) is 1. The first kappa shape index (κ1) is 13.4. The highest BCUT2D eigenvalue weighted by atomic mass is 19.1. The third kappa shape index (κ3) is 2.87. The molecule has 0 spiro atoms. The van der Waals surface area contributed by atoms with Gasteiger partial charge in [-0.05, 0) is 31.9 Å². The van der Waals surface area contributed by atoms with E-state index in [1.165, 1.54) is 6.20 Å². The van der Waals surface area contributed by atoms with Crippen molar-refractivity contribution in [3.8, 4) is 0 Å². The molecular formula is C14H22FN3. The highest BCUT2D eigenvalue weighted by molar-refractivity contribution is 5.11. The smallest absolute Gasteiger partial charge is 0.141 e. The van der Waals surface area contributed by atoms with Gasteiger partial charge in [0.05, 0.1) is 6.20 Å². The van der Waals surface area contributed by atoms with Gasteiger partial charge in [-0.15, -0.1) is 0 Å². The second-order valence-electron chi connectivity index (χ2n) is 5.52. The Morgan fingerprint density at radius 1 is 1.56 bits per heavy atom. The summed E-state index contributed by atoms with van der Waals surface area (Å²) in [6.45, 7) is 9.38. The normalized spacial score (nSPS) is 29.4. The molecule has 0 aliphatic carbocycles. The van der Waals surface area contributed by atoms with E-state index in [1.807, 2.05) is 0 Å². The van der Waals surface area contributed by atoms with Crippen LogP contribution in [0, 0.1) is 5.82 Å². The van der Waals surface area contributed by atoms with Gasteiger partial charge in [-0.3, -0.25) is 9.88 Å². The average molecular weight is 251 g/mol. The molecule has 1 aliphatic heterocycles. The molecule has 2 heterocycles. The van der Waals surface area contributed by atoms with Crippen LogP contribution in [-0.2, 0) is 6.54 Å². The van der Waals surface area contributed by atoms with Gasteiger partial charge in [0, 0.05) is 37.4 Å². The molecule has 4 heteroatoms. The van der Waals surface area contributed by atoms with E-state index in [-0.39, 0.29) is 11.4 Å². The minimum Gasteiger partial charge on any atom is -0.311 e. The molecule has 0 aromatic carbocycles. The number of pyridine rings is 1. The summed E-state index contributed by atoms with van der Waals surface area (Å²) >= 11 is 0. The zero-order chi connectivity index (χ0) is 13.2. The largest absolute Gasteiger partial charge is 0.311 e. The van der Waals surface area contributed by atoms with Gasteiger partial charge < -0.3 is 5.32 Å². The molecule has 1 N–H and O–H groups in total. The standard InChI is InChI=1S/C14H22FN3/c1-4-14(3)10-17-11(2)8-18(14)9-12-5-13(15)7-16-6-12/h5-7,11,17H,4,8-10H2,1-3H3. The van der Waals surface area contributed by atoms with Gasteiger partial charge in [0.25, 0.3) is 0 Å². The van der Waals surface area contributed by atoms with Crippen LogP contribution >= 0.6 is 0 Å².